The van der Waals surface area contributed by atoms with Gasteiger partial charge in [0.2, 0.25) is 5.91 Å². The first kappa shape index (κ1) is 19.8. The number of hydrogen-bond donors (Lipinski definition) is 2. The Balaban J connectivity index is 2.55. The van der Waals surface area contributed by atoms with Gasteiger partial charge in [-0.3, -0.25) is 4.79 Å². The number of aromatic hydroxyl groups is 2. The average molecular weight is 355 g/mol. The zero-order valence-corrected chi connectivity index (χ0v) is 16.2. The third-order valence-corrected chi connectivity index (χ3v) is 4.77. The molecule has 1 amide bonds. The molecule has 0 aliphatic carbocycles. The zero-order valence-electron chi connectivity index (χ0n) is 16.2. The molecule has 4 nitrogen and oxygen atoms in total. The molecule has 26 heavy (non-hydrogen) atoms. The molecule has 0 saturated carbocycles. The maximum absolute atomic E-state index is 11.7. The number of nitrogens with zero attached hydrogens (tertiary/aromatic N) is 1. The first-order valence-corrected chi connectivity index (χ1v) is 9.20. The largest absolute Gasteiger partial charge is 0.507 e. The molecule has 0 unspecified atom stereocenters. The number of benzene rings is 2. The van der Waals surface area contributed by atoms with Gasteiger partial charge >= 0.3 is 0 Å². The van der Waals surface area contributed by atoms with Crippen molar-refractivity contribution in [2.45, 2.75) is 53.0 Å². The maximum atomic E-state index is 11.7. The molecule has 0 heterocycles. The van der Waals surface area contributed by atoms with E-state index in [1.165, 1.54) is 6.92 Å². The van der Waals surface area contributed by atoms with Crippen LogP contribution >= 0.6 is 0 Å². The normalized spacial score (nSPS) is 10.8. The van der Waals surface area contributed by atoms with Gasteiger partial charge in [-0.1, -0.05) is 49.6 Å². The van der Waals surface area contributed by atoms with Crippen molar-refractivity contribution in [1.29, 1.82) is 0 Å². The monoisotopic (exact) mass is 355 g/mol. The van der Waals surface area contributed by atoms with Gasteiger partial charge in [0.15, 0.2) is 0 Å². The molecule has 0 aromatic heterocycles. The number of carbonyl (C=O) groups excluding carboxylic acids is 1. The van der Waals surface area contributed by atoms with Crippen molar-refractivity contribution >= 4 is 5.91 Å². The number of rotatable bonds is 7. The molecule has 0 spiro atoms. The van der Waals surface area contributed by atoms with Crippen molar-refractivity contribution in [1.82, 2.24) is 4.90 Å². The van der Waals surface area contributed by atoms with Crippen molar-refractivity contribution in [3.63, 3.8) is 0 Å². The van der Waals surface area contributed by atoms with Crippen molar-refractivity contribution in [3.8, 4) is 22.6 Å². The topological polar surface area (TPSA) is 60.8 Å². The molecule has 2 aromatic carbocycles. The Morgan fingerprint density at radius 1 is 1.15 bits per heavy atom. The number of phenols is 2. The molecule has 0 aliphatic heterocycles. The summed E-state index contributed by atoms with van der Waals surface area (Å²) >= 11 is 0. The minimum absolute atomic E-state index is 0.0610. The van der Waals surface area contributed by atoms with Gasteiger partial charge in [-0.25, -0.2) is 0 Å². The van der Waals surface area contributed by atoms with Crippen LogP contribution in [0.1, 0.15) is 49.8 Å². The van der Waals surface area contributed by atoms with E-state index in [0.29, 0.717) is 17.7 Å². The number of phenolic OH excluding ortho intramolecular Hbond substituents is 2. The van der Waals surface area contributed by atoms with Crippen LogP contribution in [0.15, 0.2) is 30.3 Å². The second kappa shape index (κ2) is 8.75. The second-order valence-corrected chi connectivity index (χ2v) is 6.96. The van der Waals surface area contributed by atoms with E-state index in [4.69, 9.17) is 0 Å². The van der Waals surface area contributed by atoms with Crippen molar-refractivity contribution < 1.29 is 15.0 Å². The molecule has 0 aliphatic rings. The summed E-state index contributed by atoms with van der Waals surface area (Å²) in [5, 5.41) is 21.6. The third-order valence-electron chi connectivity index (χ3n) is 4.77. The van der Waals surface area contributed by atoms with Crippen molar-refractivity contribution in [3.05, 3.63) is 47.0 Å². The lowest BCUT2D eigenvalue weighted by molar-refractivity contribution is -0.128. The highest BCUT2D eigenvalue weighted by Crippen LogP contribution is 2.42. The molecule has 0 atom stereocenters. The number of aryl methyl sites for hydroxylation is 2. The first-order chi connectivity index (χ1) is 12.3. The van der Waals surface area contributed by atoms with E-state index in [-0.39, 0.29) is 17.4 Å². The lowest BCUT2D eigenvalue weighted by atomic mass is 9.92. The fourth-order valence-electron chi connectivity index (χ4n) is 3.15. The van der Waals surface area contributed by atoms with Gasteiger partial charge in [0.25, 0.3) is 0 Å². The lowest BCUT2D eigenvalue weighted by Crippen LogP contribution is -2.24. The van der Waals surface area contributed by atoms with E-state index < -0.39 is 0 Å². The lowest BCUT2D eigenvalue weighted by Gasteiger charge is -2.21. The van der Waals surface area contributed by atoms with Gasteiger partial charge in [-0.2, -0.15) is 0 Å². The summed E-state index contributed by atoms with van der Waals surface area (Å²) in [4.78, 5) is 13.3. The predicted octanol–water partition coefficient (Wildman–Crippen LogP) is 4.78. The molecular formula is C22H29NO3. The number of unbranched alkanes of at least 4 members (excludes halogenated alkanes) is 2. The summed E-state index contributed by atoms with van der Waals surface area (Å²) in [5.74, 6) is 0.0816. The molecule has 2 rings (SSSR count). The van der Waals surface area contributed by atoms with E-state index in [2.05, 4.69) is 6.92 Å². The minimum atomic E-state index is -0.0610. The Kier molecular flexibility index (Phi) is 6.67. The Labute approximate surface area is 156 Å². The van der Waals surface area contributed by atoms with Crippen LogP contribution in [0.4, 0.5) is 0 Å². The SMILES string of the molecule is CCCCCc1cc(O)c(-c2cccc(C)c2)c(O)c1CN(C)C(C)=O. The molecule has 2 aromatic rings. The molecular weight excluding hydrogens is 326 g/mol. The molecule has 2 N–H and O–H groups in total. The van der Waals surface area contributed by atoms with Gasteiger partial charge in [0.05, 0.1) is 5.56 Å². The molecule has 0 radical (unpaired) electrons. The van der Waals surface area contributed by atoms with Crippen LogP contribution in [0.5, 0.6) is 11.5 Å². The molecule has 0 bridgehead atoms. The summed E-state index contributed by atoms with van der Waals surface area (Å²) in [7, 11) is 1.72. The van der Waals surface area contributed by atoms with Crippen LogP contribution in [-0.4, -0.2) is 28.1 Å². The second-order valence-electron chi connectivity index (χ2n) is 6.96. The first-order valence-electron chi connectivity index (χ1n) is 9.20. The summed E-state index contributed by atoms with van der Waals surface area (Å²) in [6.45, 7) is 5.94. The van der Waals surface area contributed by atoms with E-state index in [1.807, 2.05) is 31.2 Å². The van der Waals surface area contributed by atoms with E-state index in [9.17, 15) is 15.0 Å². The van der Waals surface area contributed by atoms with Crippen LogP contribution in [0.2, 0.25) is 0 Å². The fraction of sp³-hybridized carbons (Fsp3) is 0.409. The van der Waals surface area contributed by atoms with Gasteiger partial charge in [0, 0.05) is 26.1 Å². The highest BCUT2D eigenvalue weighted by atomic mass is 16.3. The summed E-state index contributed by atoms with van der Waals surface area (Å²) in [5.41, 5.74) is 3.87. The number of amides is 1. The zero-order chi connectivity index (χ0) is 19.3. The van der Waals surface area contributed by atoms with Crippen molar-refractivity contribution in [2.75, 3.05) is 7.05 Å². The third kappa shape index (κ3) is 4.57. The van der Waals surface area contributed by atoms with Gasteiger partial charge in [-0.15, -0.1) is 0 Å². The summed E-state index contributed by atoms with van der Waals surface area (Å²) < 4.78 is 0. The van der Waals surface area contributed by atoms with Crippen LogP contribution < -0.4 is 0 Å². The van der Waals surface area contributed by atoms with Gasteiger partial charge in [-0.05, 0) is 37.0 Å². The standard InChI is InChI=1S/C22H29NO3/c1-5-6-7-10-17-13-20(25)21(18-11-8-9-15(2)12-18)22(26)19(17)14-23(4)16(3)24/h8-9,11-13,25-26H,5-7,10,14H2,1-4H3. The van der Waals surface area contributed by atoms with Crippen LogP contribution in [0.3, 0.4) is 0 Å². The summed E-state index contributed by atoms with van der Waals surface area (Å²) in [6, 6.07) is 9.43. The van der Waals surface area contributed by atoms with Crippen molar-refractivity contribution in [2.24, 2.45) is 0 Å². The van der Waals surface area contributed by atoms with Crippen LogP contribution in [-0.2, 0) is 17.8 Å². The minimum Gasteiger partial charge on any atom is -0.507 e. The average Bonchev–Trinajstić information content (AvgIpc) is 2.58. The predicted molar refractivity (Wildman–Crippen MR) is 105 cm³/mol. The van der Waals surface area contributed by atoms with Gasteiger partial charge in [0.1, 0.15) is 11.5 Å². The Bertz CT molecular complexity index is 783. The Hall–Kier alpha value is -2.49. The van der Waals surface area contributed by atoms with E-state index in [1.54, 1.807) is 18.0 Å². The van der Waals surface area contributed by atoms with E-state index in [0.717, 1.165) is 42.4 Å². The molecule has 0 fully saturated rings. The number of hydrogen-bond acceptors (Lipinski definition) is 3. The van der Waals surface area contributed by atoms with E-state index >= 15 is 0 Å². The number of carbonyl (C=O) groups is 1. The maximum Gasteiger partial charge on any atom is 0.219 e. The molecule has 0 saturated heterocycles. The highest BCUT2D eigenvalue weighted by Gasteiger charge is 2.20. The molecule has 4 heteroatoms. The quantitative estimate of drug-likeness (QED) is 0.702. The Morgan fingerprint density at radius 2 is 1.88 bits per heavy atom. The Morgan fingerprint density at radius 3 is 2.50 bits per heavy atom. The van der Waals surface area contributed by atoms with Crippen LogP contribution in [0.25, 0.3) is 11.1 Å². The fourth-order valence-corrected chi connectivity index (χ4v) is 3.15. The van der Waals surface area contributed by atoms with Crippen LogP contribution in [0, 0.1) is 6.92 Å². The summed E-state index contributed by atoms with van der Waals surface area (Å²) in [6.07, 6.45) is 3.94. The highest BCUT2D eigenvalue weighted by molar-refractivity contribution is 5.79. The molecule has 140 valence electrons. The van der Waals surface area contributed by atoms with Gasteiger partial charge < -0.3 is 15.1 Å². The smallest absolute Gasteiger partial charge is 0.219 e.